The van der Waals surface area contributed by atoms with Crippen molar-refractivity contribution in [3.63, 3.8) is 0 Å². The van der Waals surface area contributed by atoms with Gasteiger partial charge in [0, 0.05) is 25.8 Å². The summed E-state index contributed by atoms with van der Waals surface area (Å²) in [6, 6.07) is 0.811. The molecule has 0 aliphatic carbocycles. The second-order valence-corrected chi connectivity index (χ2v) is 4.55. The molecule has 82 valence electrons. The molecule has 0 aromatic heterocycles. The summed E-state index contributed by atoms with van der Waals surface area (Å²) in [6.45, 7) is 5.72. The highest BCUT2D eigenvalue weighted by atomic mass is 16.5. The lowest BCUT2D eigenvalue weighted by molar-refractivity contribution is 0.0412. The Morgan fingerprint density at radius 3 is 2.79 bits per heavy atom. The fourth-order valence-electron chi connectivity index (χ4n) is 2.70. The third kappa shape index (κ3) is 2.47. The smallest absolute Gasteiger partial charge is 0.0480 e. The van der Waals surface area contributed by atoms with Gasteiger partial charge in [0.1, 0.15) is 0 Å². The van der Waals surface area contributed by atoms with Crippen molar-refractivity contribution in [3.8, 4) is 0 Å². The van der Waals surface area contributed by atoms with Crippen LogP contribution in [0.5, 0.6) is 0 Å². The molecule has 2 heterocycles. The Kier molecular flexibility index (Phi) is 3.79. The summed E-state index contributed by atoms with van der Waals surface area (Å²) in [7, 11) is 2.05. The largest absolute Gasteiger partial charge is 0.381 e. The third-order valence-corrected chi connectivity index (χ3v) is 3.52. The number of hydrogen-bond acceptors (Lipinski definition) is 3. The van der Waals surface area contributed by atoms with Gasteiger partial charge >= 0.3 is 0 Å². The summed E-state index contributed by atoms with van der Waals surface area (Å²) in [6.07, 6.45) is 3.86. The van der Waals surface area contributed by atoms with Crippen molar-refractivity contribution in [2.75, 3.05) is 39.9 Å². The number of rotatable bonds is 3. The van der Waals surface area contributed by atoms with Crippen LogP contribution in [-0.2, 0) is 4.74 Å². The molecule has 0 aromatic rings. The quantitative estimate of drug-likeness (QED) is 0.723. The number of ether oxygens (including phenoxy) is 1. The second-order valence-electron chi connectivity index (χ2n) is 4.55. The Morgan fingerprint density at radius 2 is 2.07 bits per heavy atom. The predicted molar refractivity (Wildman–Crippen MR) is 57.4 cm³/mol. The van der Waals surface area contributed by atoms with Gasteiger partial charge in [-0.1, -0.05) is 0 Å². The van der Waals surface area contributed by atoms with Crippen molar-refractivity contribution in [3.05, 3.63) is 0 Å². The van der Waals surface area contributed by atoms with Crippen LogP contribution in [0.3, 0.4) is 0 Å². The van der Waals surface area contributed by atoms with Crippen molar-refractivity contribution < 1.29 is 4.74 Å². The van der Waals surface area contributed by atoms with Gasteiger partial charge in [0.2, 0.25) is 0 Å². The highest BCUT2D eigenvalue weighted by Gasteiger charge is 2.28. The number of hydrogen-bond donors (Lipinski definition) is 1. The topological polar surface area (TPSA) is 24.5 Å². The Labute approximate surface area is 86.8 Å². The van der Waals surface area contributed by atoms with E-state index in [9.17, 15) is 0 Å². The molecule has 3 heteroatoms. The predicted octanol–water partition coefficient (Wildman–Crippen LogP) is 0.707. The Hall–Kier alpha value is -0.120. The highest BCUT2D eigenvalue weighted by molar-refractivity contribution is 4.83. The molecule has 0 amide bonds. The average Bonchev–Trinajstić information content (AvgIpc) is 2.68. The van der Waals surface area contributed by atoms with Crippen molar-refractivity contribution in [2.45, 2.75) is 25.3 Å². The fourth-order valence-corrected chi connectivity index (χ4v) is 2.70. The van der Waals surface area contributed by atoms with E-state index in [1.807, 2.05) is 0 Å². The normalized spacial score (nSPS) is 31.1. The van der Waals surface area contributed by atoms with Crippen LogP contribution in [0.4, 0.5) is 0 Å². The van der Waals surface area contributed by atoms with E-state index in [0.717, 1.165) is 25.2 Å². The van der Waals surface area contributed by atoms with Crippen LogP contribution in [0.15, 0.2) is 0 Å². The molecule has 2 fully saturated rings. The molecule has 1 N–H and O–H groups in total. The zero-order valence-corrected chi connectivity index (χ0v) is 9.17. The highest BCUT2D eigenvalue weighted by Crippen LogP contribution is 2.22. The molecule has 0 saturated carbocycles. The first-order valence-corrected chi connectivity index (χ1v) is 5.86. The molecule has 0 aromatic carbocycles. The maximum absolute atomic E-state index is 5.39. The van der Waals surface area contributed by atoms with Gasteiger partial charge in [0.15, 0.2) is 0 Å². The molecule has 2 rings (SSSR count). The lowest BCUT2D eigenvalue weighted by Crippen LogP contribution is -2.38. The monoisotopic (exact) mass is 198 g/mol. The molecule has 2 aliphatic rings. The standard InChI is InChI=1S/C11H22N2O/c1-12-8-10-2-5-13(9-10)11-3-6-14-7-4-11/h10-12H,2-9H2,1H3. The summed E-state index contributed by atoms with van der Waals surface area (Å²) in [4.78, 5) is 2.67. The van der Waals surface area contributed by atoms with Gasteiger partial charge in [-0.3, -0.25) is 4.90 Å². The number of likely N-dealkylation sites (tertiary alicyclic amines) is 1. The molecule has 3 nitrogen and oxygen atoms in total. The SMILES string of the molecule is CNCC1CCN(C2CCOCC2)C1. The molecule has 1 atom stereocenters. The maximum atomic E-state index is 5.39. The van der Waals surface area contributed by atoms with Gasteiger partial charge in [-0.25, -0.2) is 0 Å². The van der Waals surface area contributed by atoms with Crippen LogP contribution in [0.25, 0.3) is 0 Å². The zero-order valence-electron chi connectivity index (χ0n) is 9.17. The van der Waals surface area contributed by atoms with Crippen molar-refractivity contribution in [2.24, 2.45) is 5.92 Å². The molecule has 2 saturated heterocycles. The van der Waals surface area contributed by atoms with Gasteiger partial charge in [-0.2, -0.15) is 0 Å². The van der Waals surface area contributed by atoms with Gasteiger partial charge in [-0.05, 0) is 45.3 Å². The van der Waals surface area contributed by atoms with Gasteiger partial charge in [-0.15, -0.1) is 0 Å². The van der Waals surface area contributed by atoms with Crippen molar-refractivity contribution >= 4 is 0 Å². The molecule has 14 heavy (non-hydrogen) atoms. The summed E-state index contributed by atoms with van der Waals surface area (Å²) in [5.74, 6) is 0.878. The first-order chi connectivity index (χ1) is 6.90. The van der Waals surface area contributed by atoms with Crippen LogP contribution in [0.1, 0.15) is 19.3 Å². The Balaban J connectivity index is 1.76. The van der Waals surface area contributed by atoms with Crippen LogP contribution in [0.2, 0.25) is 0 Å². The van der Waals surface area contributed by atoms with Crippen molar-refractivity contribution in [1.29, 1.82) is 0 Å². The average molecular weight is 198 g/mol. The van der Waals surface area contributed by atoms with E-state index in [2.05, 4.69) is 17.3 Å². The zero-order chi connectivity index (χ0) is 9.80. The van der Waals surface area contributed by atoms with E-state index < -0.39 is 0 Å². The minimum absolute atomic E-state index is 0.811. The van der Waals surface area contributed by atoms with Gasteiger partial charge in [0.25, 0.3) is 0 Å². The van der Waals surface area contributed by atoms with E-state index in [0.29, 0.717) is 0 Å². The second kappa shape index (κ2) is 5.10. The van der Waals surface area contributed by atoms with Crippen LogP contribution in [-0.4, -0.2) is 50.8 Å². The Morgan fingerprint density at radius 1 is 1.29 bits per heavy atom. The van der Waals surface area contributed by atoms with E-state index in [1.54, 1.807) is 0 Å². The first kappa shape index (κ1) is 10.4. The molecule has 0 bridgehead atoms. The summed E-state index contributed by atoms with van der Waals surface area (Å²) >= 11 is 0. The van der Waals surface area contributed by atoms with Crippen LogP contribution in [0, 0.1) is 5.92 Å². The minimum Gasteiger partial charge on any atom is -0.381 e. The molecular weight excluding hydrogens is 176 g/mol. The summed E-state index contributed by atoms with van der Waals surface area (Å²) < 4.78 is 5.39. The van der Waals surface area contributed by atoms with Gasteiger partial charge in [0.05, 0.1) is 0 Å². The fraction of sp³-hybridized carbons (Fsp3) is 1.00. The van der Waals surface area contributed by atoms with E-state index in [1.165, 1.54) is 38.9 Å². The number of nitrogens with zero attached hydrogens (tertiary/aromatic N) is 1. The molecule has 0 radical (unpaired) electrons. The summed E-state index contributed by atoms with van der Waals surface area (Å²) in [5.41, 5.74) is 0. The summed E-state index contributed by atoms with van der Waals surface area (Å²) in [5, 5.41) is 3.28. The van der Waals surface area contributed by atoms with E-state index >= 15 is 0 Å². The Bertz CT molecular complexity index is 169. The number of nitrogens with one attached hydrogen (secondary N) is 1. The molecular formula is C11H22N2O. The van der Waals surface area contributed by atoms with Crippen LogP contribution >= 0.6 is 0 Å². The van der Waals surface area contributed by atoms with Gasteiger partial charge < -0.3 is 10.1 Å². The molecule has 0 spiro atoms. The lowest BCUT2D eigenvalue weighted by Gasteiger charge is -2.31. The minimum atomic E-state index is 0.811. The molecule has 2 aliphatic heterocycles. The van der Waals surface area contributed by atoms with E-state index in [4.69, 9.17) is 4.74 Å². The van der Waals surface area contributed by atoms with E-state index in [-0.39, 0.29) is 0 Å². The maximum Gasteiger partial charge on any atom is 0.0480 e. The van der Waals surface area contributed by atoms with Crippen LogP contribution < -0.4 is 5.32 Å². The third-order valence-electron chi connectivity index (χ3n) is 3.52. The van der Waals surface area contributed by atoms with Crippen molar-refractivity contribution in [1.82, 2.24) is 10.2 Å². The molecule has 1 unspecified atom stereocenters. The lowest BCUT2D eigenvalue weighted by atomic mass is 10.1. The first-order valence-electron chi connectivity index (χ1n) is 5.86.